The summed E-state index contributed by atoms with van der Waals surface area (Å²) < 4.78 is 34.4. The summed E-state index contributed by atoms with van der Waals surface area (Å²) >= 11 is 1.26. The van der Waals surface area contributed by atoms with Crippen molar-refractivity contribution in [3.63, 3.8) is 0 Å². The number of thioether (sulfide) groups is 1. The molecule has 0 aliphatic carbocycles. The predicted molar refractivity (Wildman–Crippen MR) is 109 cm³/mol. The third kappa shape index (κ3) is 3.11. The highest BCUT2D eigenvalue weighted by Gasteiger charge is 2.56. The standard InChI is InChI=1S/C21H21F2N3O2S/c1-12-4-3-5-17-19(12)28-11-14(8-9-24)21(17)26(13(2)27)25-20(29-21)16-10-15(22)6-7-18(16)23/h3-7,10,14H,8-9,11,24H2,1-2H3/t14-,21+/m0/s1. The number of nitrogens with zero attached hydrogens (tertiary/aromatic N) is 2. The molecule has 2 heterocycles. The van der Waals surface area contributed by atoms with Gasteiger partial charge in [0.05, 0.1) is 6.61 Å². The van der Waals surface area contributed by atoms with Gasteiger partial charge in [0.15, 0.2) is 4.87 Å². The summed E-state index contributed by atoms with van der Waals surface area (Å²) in [7, 11) is 0. The molecule has 0 fully saturated rings. The number of ether oxygens (including phenoxy) is 1. The number of hydrazone groups is 1. The van der Waals surface area contributed by atoms with Crippen molar-refractivity contribution in [2.75, 3.05) is 13.2 Å². The molecule has 2 aromatic rings. The molecular formula is C21H21F2N3O2S. The molecule has 2 N–H and O–H groups in total. The molecule has 0 aromatic heterocycles. The molecule has 2 atom stereocenters. The van der Waals surface area contributed by atoms with Crippen LogP contribution in [0.1, 0.15) is 30.0 Å². The number of hydrogen-bond donors (Lipinski definition) is 1. The van der Waals surface area contributed by atoms with E-state index in [1.54, 1.807) is 0 Å². The summed E-state index contributed by atoms with van der Waals surface area (Å²) in [4.78, 5) is 11.7. The van der Waals surface area contributed by atoms with Gasteiger partial charge in [-0.15, -0.1) is 0 Å². The minimum Gasteiger partial charge on any atom is -0.492 e. The Labute approximate surface area is 171 Å². The van der Waals surface area contributed by atoms with Crippen molar-refractivity contribution < 1.29 is 18.3 Å². The zero-order valence-corrected chi connectivity index (χ0v) is 16.9. The van der Waals surface area contributed by atoms with E-state index in [1.807, 2.05) is 25.1 Å². The van der Waals surface area contributed by atoms with Crippen LogP contribution >= 0.6 is 11.8 Å². The van der Waals surface area contributed by atoms with E-state index in [0.717, 1.165) is 29.3 Å². The Kier molecular flexibility index (Phi) is 5.08. The van der Waals surface area contributed by atoms with Gasteiger partial charge in [-0.3, -0.25) is 4.79 Å². The van der Waals surface area contributed by atoms with Crippen LogP contribution in [0.4, 0.5) is 8.78 Å². The molecule has 0 bridgehead atoms. The number of fused-ring (bicyclic) bond motifs is 2. The van der Waals surface area contributed by atoms with E-state index in [9.17, 15) is 13.6 Å². The number of para-hydroxylation sites is 1. The maximum absolute atomic E-state index is 14.5. The first-order valence-electron chi connectivity index (χ1n) is 9.35. The molecule has 8 heteroatoms. The maximum atomic E-state index is 14.5. The lowest BCUT2D eigenvalue weighted by Gasteiger charge is -2.45. The normalized spacial score (nSPS) is 23.0. The molecule has 1 spiro atoms. The lowest BCUT2D eigenvalue weighted by atomic mass is 9.85. The second-order valence-electron chi connectivity index (χ2n) is 7.20. The lowest BCUT2D eigenvalue weighted by Crippen LogP contribution is -2.51. The number of carbonyl (C=O) groups is 1. The van der Waals surface area contributed by atoms with Crippen molar-refractivity contribution in [2.45, 2.75) is 25.1 Å². The van der Waals surface area contributed by atoms with Crippen LogP contribution in [0.3, 0.4) is 0 Å². The number of halogens is 2. The van der Waals surface area contributed by atoms with Gasteiger partial charge in [0, 0.05) is 24.0 Å². The molecular weight excluding hydrogens is 396 g/mol. The molecule has 0 saturated heterocycles. The molecule has 29 heavy (non-hydrogen) atoms. The minimum absolute atomic E-state index is 0.0327. The largest absolute Gasteiger partial charge is 0.492 e. The molecule has 2 aliphatic rings. The molecule has 1 amide bonds. The SMILES string of the molecule is CC(=O)N1N=C(c2cc(F)ccc2F)S[C@]12c1cccc(C)c1OC[C@@H]2CCN. The van der Waals surface area contributed by atoms with E-state index in [0.29, 0.717) is 25.3 Å². The van der Waals surface area contributed by atoms with Crippen molar-refractivity contribution in [2.24, 2.45) is 16.8 Å². The summed E-state index contributed by atoms with van der Waals surface area (Å²) in [5.41, 5.74) is 7.61. The highest BCUT2D eigenvalue weighted by Crippen LogP contribution is 2.58. The summed E-state index contributed by atoms with van der Waals surface area (Å²) in [5.74, 6) is -0.934. The van der Waals surface area contributed by atoms with Crippen molar-refractivity contribution in [1.82, 2.24) is 5.01 Å². The third-order valence-electron chi connectivity index (χ3n) is 5.31. The highest BCUT2D eigenvalue weighted by molar-refractivity contribution is 8.15. The molecule has 0 saturated carbocycles. The first-order valence-corrected chi connectivity index (χ1v) is 10.2. The number of aryl methyl sites for hydroxylation is 1. The van der Waals surface area contributed by atoms with E-state index in [4.69, 9.17) is 10.5 Å². The van der Waals surface area contributed by atoms with E-state index >= 15 is 0 Å². The van der Waals surface area contributed by atoms with Crippen LogP contribution < -0.4 is 10.5 Å². The predicted octanol–water partition coefficient (Wildman–Crippen LogP) is 3.74. The van der Waals surface area contributed by atoms with Crippen molar-refractivity contribution >= 4 is 22.7 Å². The molecule has 5 nitrogen and oxygen atoms in total. The van der Waals surface area contributed by atoms with Crippen LogP contribution in [-0.2, 0) is 9.67 Å². The van der Waals surface area contributed by atoms with Gasteiger partial charge in [-0.05, 0) is 43.7 Å². The number of amides is 1. The summed E-state index contributed by atoms with van der Waals surface area (Å²) in [5, 5.41) is 6.10. The zero-order valence-electron chi connectivity index (χ0n) is 16.1. The van der Waals surface area contributed by atoms with E-state index in [2.05, 4.69) is 5.10 Å². The van der Waals surface area contributed by atoms with Crippen molar-refractivity contribution in [1.29, 1.82) is 0 Å². The number of carbonyl (C=O) groups excluding carboxylic acids is 1. The number of hydrogen-bond acceptors (Lipinski definition) is 5. The number of benzene rings is 2. The quantitative estimate of drug-likeness (QED) is 0.826. The highest BCUT2D eigenvalue weighted by atomic mass is 32.2. The average molecular weight is 417 g/mol. The Hall–Kier alpha value is -2.45. The minimum atomic E-state index is -0.932. The van der Waals surface area contributed by atoms with Crippen molar-refractivity contribution in [3.05, 3.63) is 64.7 Å². The van der Waals surface area contributed by atoms with Gasteiger partial charge in [0.1, 0.15) is 22.4 Å². The Morgan fingerprint density at radius 1 is 1.38 bits per heavy atom. The van der Waals surface area contributed by atoms with Crippen LogP contribution in [0.5, 0.6) is 5.75 Å². The third-order valence-corrected chi connectivity index (χ3v) is 6.84. The van der Waals surface area contributed by atoms with Gasteiger partial charge in [-0.1, -0.05) is 30.0 Å². The first-order chi connectivity index (χ1) is 13.9. The Bertz CT molecular complexity index is 1010. The monoisotopic (exact) mass is 417 g/mol. The number of rotatable bonds is 3. The fraction of sp³-hybridized carbons (Fsp3) is 0.333. The molecule has 0 unspecified atom stereocenters. The van der Waals surface area contributed by atoms with Gasteiger partial charge in [0.25, 0.3) is 0 Å². The summed E-state index contributed by atoms with van der Waals surface area (Å²) in [6.45, 7) is 4.09. The fourth-order valence-corrected chi connectivity index (χ4v) is 5.56. The van der Waals surface area contributed by atoms with E-state index < -0.39 is 16.5 Å². The zero-order chi connectivity index (χ0) is 20.8. The van der Waals surface area contributed by atoms with Gasteiger partial charge in [-0.25, -0.2) is 13.8 Å². The first kappa shape index (κ1) is 19.8. The Morgan fingerprint density at radius 3 is 2.90 bits per heavy atom. The summed E-state index contributed by atoms with van der Waals surface area (Å²) in [6.07, 6.45) is 0.582. The summed E-state index contributed by atoms with van der Waals surface area (Å²) in [6, 6.07) is 8.95. The number of nitrogens with two attached hydrogens (primary N) is 1. The maximum Gasteiger partial charge on any atom is 0.241 e. The lowest BCUT2D eigenvalue weighted by molar-refractivity contribution is -0.134. The Morgan fingerprint density at radius 2 is 2.17 bits per heavy atom. The molecule has 2 aliphatic heterocycles. The van der Waals surface area contributed by atoms with Crippen LogP contribution in [0, 0.1) is 24.5 Å². The van der Waals surface area contributed by atoms with Crippen molar-refractivity contribution in [3.8, 4) is 5.75 Å². The van der Waals surface area contributed by atoms with Crippen LogP contribution in [0.15, 0.2) is 41.5 Å². The van der Waals surface area contributed by atoms with Crippen LogP contribution in [0.25, 0.3) is 0 Å². The molecule has 4 rings (SSSR count). The van der Waals surface area contributed by atoms with Gasteiger partial charge in [-0.2, -0.15) is 5.10 Å². The van der Waals surface area contributed by atoms with Crippen LogP contribution in [-0.4, -0.2) is 29.1 Å². The second-order valence-corrected chi connectivity index (χ2v) is 8.41. The average Bonchev–Trinajstić information content (AvgIpc) is 3.08. The molecule has 152 valence electrons. The van der Waals surface area contributed by atoms with Gasteiger partial charge >= 0.3 is 0 Å². The smallest absolute Gasteiger partial charge is 0.241 e. The molecule has 2 aromatic carbocycles. The fourth-order valence-electron chi connectivity index (χ4n) is 4.00. The van der Waals surface area contributed by atoms with E-state index in [1.165, 1.54) is 23.7 Å². The Balaban J connectivity index is 1.92. The topological polar surface area (TPSA) is 67.9 Å². The molecule has 0 radical (unpaired) electrons. The van der Waals surface area contributed by atoms with E-state index in [-0.39, 0.29) is 22.4 Å². The van der Waals surface area contributed by atoms with Gasteiger partial charge < -0.3 is 10.5 Å². The van der Waals surface area contributed by atoms with Crippen LogP contribution in [0.2, 0.25) is 0 Å². The second kappa shape index (κ2) is 7.42. The van der Waals surface area contributed by atoms with Gasteiger partial charge in [0.2, 0.25) is 5.91 Å².